The molecule has 0 spiro atoms. The van der Waals surface area contributed by atoms with Crippen molar-refractivity contribution in [1.29, 1.82) is 0 Å². The summed E-state index contributed by atoms with van der Waals surface area (Å²) in [5, 5.41) is 2.38. The quantitative estimate of drug-likeness (QED) is 0.192. The predicted octanol–water partition coefficient (Wildman–Crippen LogP) is 9.21. The van der Waals surface area contributed by atoms with Crippen LogP contribution in [0.2, 0.25) is 0 Å². The summed E-state index contributed by atoms with van der Waals surface area (Å²) in [6.07, 6.45) is 3.59. The van der Waals surface area contributed by atoms with E-state index in [2.05, 4.69) is 59.6 Å². The first-order valence-electron chi connectivity index (χ1n) is 15.0. The van der Waals surface area contributed by atoms with Crippen LogP contribution in [0.4, 0.5) is 0 Å². The van der Waals surface area contributed by atoms with Crippen molar-refractivity contribution in [2.75, 3.05) is 0 Å². The van der Waals surface area contributed by atoms with Gasteiger partial charge in [0.2, 0.25) is 0 Å². The van der Waals surface area contributed by atoms with Gasteiger partial charge in [-0.1, -0.05) is 103 Å². The molecule has 8 aromatic rings. The molecule has 216 valence electrons. The average molecular weight is 591 g/mol. The van der Waals surface area contributed by atoms with Crippen LogP contribution in [0.15, 0.2) is 158 Å². The summed E-state index contributed by atoms with van der Waals surface area (Å²) in [6, 6.07) is 48.8. The Morgan fingerprint density at radius 2 is 0.870 bits per heavy atom. The molecular formula is C40H26N6. The molecule has 6 nitrogen and oxygen atoms in total. The molecule has 4 aromatic carbocycles. The smallest absolute Gasteiger partial charge is 0.165 e. The summed E-state index contributed by atoms with van der Waals surface area (Å²) >= 11 is 0. The van der Waals surface area contributed by atoms with E-state index in [1.165, 1.54) is 10.8 Å². The van der Waals surface area contributed by atoms with Gasteiger partial charge in [0.05, 0.1) is 22.8 Å². The number of aromatic nitrogens is 6. The van der Waals surface area contributed by atoms with Gasteiger partial charge in [0.1, 0.15) is 0 Å². The average Bonchev–Trinajstić information content (AvgIpc) is 3.15. The van der Waals surface area contributed by atoms with E-state index in [1.807, 2.05) is 91.0 Å². The van der Waals surface area contributed by atoms with Gasteiger partial charge in [-0.05, 0) is 64.4 Å². The van der Waals surface area contributed by atoms with Crippen LogP contribution in [-0.4, -0.2) is 29.9 Å². The molecule has 0 atom stereocenters. The molecule has 0 saturated carbocycles. The number of nitrogens with zero attached hydrogens (tertiary/aromatic N) is 6. The third-order valence-electron chi connectivity index (χ3n) is 7.82. The maximum atomic E-state index is 5.01. The molecule has 8 rings (SSSR count). The van der Waals surface area contributed by atoms with E-state index < -0.39 is 0 Å². The van der Waals surface area contributed by atoms with Crippen LogP contribution in [-0.2, 0) is 0 Å². The first-order valence-corrected chi connectivity index (χ1v) is 15.0. The highest BCUT2D eigenvalue weighted by Gasteiger charge is 2.15. The van der Waals surface area contributed by atoms with Gasteiger partial charge < -0.3 is 0 Å². The SMILES string of the molecule is c1ccc(-c2nc(-c3ccccc3)nc(-c3ccc(-c4cc(-c5ccc6ccccc6c5)cc(-c5ccccn5)n4)nc3)n2)cc1. The number of hydrogen-bond acceptors (Lipinski definition) is 6. The van der Waals surface area contributed by atoms with Crippen LogP contribution < -0.4 is 0 Å². The third kappa shape index (κ3) is 5.51. The molecule has 0 saturated heterocycles. The molecule has 0 N–H and O–H groups in total. The van der Waals surface area contributed by atoms with Gasteiger partial charge in [-0.3, -0.25) is 9.97 Å². The molecule has 0 aliphatic carbocycles. The molecule has 46 heavy (non-hydrogen) atoms. The number of fused-ring (bicyclic) bond motifs is 1. The Hall–Kier alpha value is -6.40. The van der Waals surface area contributed by atoms with Gasteiger partial charge in [0.15, 0.2) is 17.5 Å². The van der Waals surface area contributed by atoms with Crippen molar-refractivity contribution < 1.29 is 0 Å². The number of rotatable bonds is 6. The van der Waals surface area contributed by atoms with Crippen LogP contribution in [0.5, 0.6) is 0 Å². The normalized spacial score (nSPS) is 11.0. The Labute approximate surface area is 266 Å². The molecule has 0 aliphatic rings. The summed E-state index contributed by atoms with van der Waals surface area (Å²) in [5.74, 6) is 1.77. The van der Waals surface area contributed by atoms with Crippen molar-refractivity contribution in [2.24, 2.45) is 0 Å². The molecule has 6 heteroatoms. The summed E-state index contributed by atoms with van der Waals surface area (Å²) in [6.45, 7) is 0. The molecular weight excluding hydrogens is 564 g/mol. The van der Waals surface area contributed by atoms with Crippen LogP contribution in [0, 0.1) is 0 Å². The lowest BCUT2D eigenvalue weighted by molar-refractivity contribution is 1.07. The highest BCUT2D eigenvalue weighted by Crippen LogP contribution is 2.32. The van der Waals surface area contributed by atoms with Crippen LogP contribution in [0.3, 0.4) is 0 Å². The van der Waals surface area contributed by atoms with Crippen LogP contribution in [0.1, 0.15) is 0 Å². The number of pyridine rings is 3. The molecule has 4 heterocycles. The van der Waals surface area contributed by atoms with Crippen molar-refractivity contribution in [3.05, 3.63) is 158 Å². The van der Waals surface area contributed by atoms with Crippen LogP contribution in [0.25, 0.3) is 78.8 Å². The van der Waals surface area contributed by atoms with Crippen molar-refractivity contribution in [3.63, 3.8) is 0 Å². The second-order valence-electron chi connectivity index (χ2n) is 10.9. The molecule has 0 aliphatic heterocycles. The Morgan fingerprint density at radius 1 is 0.304 bits per heavy atom. The monoisotopic (exact) mass is 590 g/mol. The Kier molecular flexibility index (Phi) is 7.05. The molecule has 0 unspecified atom stereocenters. The fourth-order valence-electron chi connectivity index (χ4n) is 5.46. The summed E-state index contributed by atoms with van der Waals surface area (Å²) in [5.41, 5.74) is 7.85. The Morgan fingerprint density at radius 3 is 1.48 bits per heavy atom. The van der Waals surface area contributed by atoms with E-state index in [4.69, 9.17) is 24.9 Å². The van der Waals surface area contributed by atoms with Gasteiger partial charge in [-0.25, -0.2) is 19.9 Å². The molecule has 0 radical (unpaired) electrons. The van der Waals surface area contributed by atoms with E-state index >= 15 is 0 Å². The van der Waals surface area contributed by atoms with Gasteiger partial charge in [-0.15, -0.1) is 0 Å². The van der Waals surface area contributed by atoms with E-state index in [9.17, 15) is 0 Å². The maximum Gasteiger partial charge on any atom is 0.165 e. The number of benzene rings is 4. The fourth-order valence-corrected chi connectivity index (χ4v) is 5.46. The van der Waals surface area contributed by atoms with Crippen molar-refractivity contribution in [2.45, 2.75) is 0 Å². The highest BCUT2D eigenvalue weighted by molar-refractivity contribution is 5.88. The van der Waals surface area contributed by atoms with E-state index in [0.29, 0.717) is 17.5 Å². The zero-order valence-corrected chi connectivity index (χ0v) is 24.7. The highest BCUT2D eigenvalue weighted by atomic mass is 15.0. The van der Waals surface area contributed by atoms with Gasteiger partial charge in [0.25, 0.3) is 0 Å². The molecule has 0 fully saturated rings. The van der Waals surface area contributed by atoms with Gasteiger partial charge >= 0.3 is 0 Å². The van der Waals surface area contributed by atoms with Crippen molar-refractivity contribution >= 4 is 10.8 Å². The fraction of sp³-hybridized carbons (Fsp3) is 0. The van der Waals surface area contributed by atoms with Crippen LogP contribution >= 0.6 is 0 Å². The van der Waals surface area contributed by atoms with Crippen molar-refractivity contribution in [3.8, 4) is 68.1 Å². The minimum atomic E-state index is 0.554. The zero-order valence-electron chi connectivity index (χ0n) is 24.7. The Bertz CT molecular complexity index is 2230. The van der Waals surface area contributed by atoms with Gasteiger partial charge in [0, 0.05) is 29.1 Å². The molecule has 0 amide bonds. The van der Waals surface area contributed by atoms with Gasteiger partial charge in [-0.2, -0.15) is 0 Å². The summed E-state index contributed by atoms with van der Waals surface area (Å²) in [4.78, 5) is 29.0. The Balaban J connectivity index is 1.22. The first-order chi connectivity index (χ1) is 22.8. The lowest BCUT2D eigenvalue weighted by Crippen LogP contribution is -2.00. The van der Waals surface area contributed by atoms with E-state index in [1.54, 1.807) is 12.4 Å². The minimum Gasteiger partial charge on any atom is -0.255 e. The molecule has 4 aromatic heterocycles. The minimum absolute atomic E-state index is 0.554. The maximum absolute atomic E-state index is 5.01. The van der Waals surface area contributed by atoms with Crippen molar-refractivity contribution in [1.82, 2.24) is 29.9 Å². The predicted molar refractivity (Wildman–Crippen MR) is 183 cm³/mol. The third-order valence-corrected chi connectivity index (χ3v) is 7.82. The molecule has 0 bridgehead atoms. The standard InChI is InChI=1S/C40H26N6/c1-3-12-28(13-4-1)38-44-39(29-14-5-2-6-15-29)46-40(45-38)32-20-21-35(42-26-32)37-25-33(24-36(43-37)34-17-9-10-22-41-34)31-19-18-27-11-7-8-16-30(27)23-31/h1-26H. The zero-order chi connectivity index (χ0) is 30.7. The second-order valence-corrected chi connectivity index (χ2v) is 10.9. The lowest BCUT2D eigenvalue weighted by Gasteiger charge is -2.11. The second kappa shape index (κ2) is 11.9. The first kappa shape index (κ1) is 27.2. The largest absolute Gasteiger partial charge is 0.255 e. The lowest BCUT2D eigenvalue weighted by atomic mass is 9.99. The summed E-state index contributed by atoms with van der Waals surface area (Å²) < 4.78 is 0. The number of hydrogen-bond donors (Lipinski definition) is 0. The van der Waals surface area contributed by atoms with E-state index in [0.717, 1.165) is 50.6 Å². The topological polar surface area (TPSA) is 77.3 Å². The van der Waals surface area contributed by atoms with E-state index in [-0.39, 0.29) is 0 Å². The summed E-state index contributed by atoms with van der Waals surface area (Å²) in [7, 11) is 0.